The number of unbranched alkanes of at least 4 members (excludes halogenated alkanes) is 2. The summed E-state index contributed by atoms with van der Waals surface area (Å²) >= 11 is 0. The molecule has 2 saturated heterocycles. The van der Waals surface area contributed by atoms with Crippen LogP contribution in [-0.2, 0) is 28.5 Å². The van der Waals surface area contributed by atoms with E-state index in [2.05, 4.69) is 13.8 Å². The van der Waals surface area contributed by atoms with Gasteiger partial charge in [-0.3, -0.25) is 9.59 Å². The SMILES string of the molecule is CC12CCC(C(=O)OCCCCCOC(=O)C3CCC4(C)O[C@H]4C3)CC1O2. The summed E-state index contributed by atoms with van der Waals surface area (Å²) in [5.74, 6) is -0.158. The van der Waals surface area contributed by atoms with Crippen molar-refractivity contribution in [3.8, 4) is 0 Å². The zero-order valence-electron chi connectivity index (χ0n) is 16.5. The maximum absolute atomic E-state index is 12.1. The van der Waals surface area contributed by atoms with Gasteiger partial charge in [0.2, 0.25) is 0 Å². The molecular formula is C21H32O6. The van der Waals surface area contributed by atoms with Crippen LogP contribution in [0.4, 0.5) is 0 Å². The van der Waals surface area contributed by atoms with Crippen LogP contribution in [0.1, 0.15) is 71.6 Å². The van der Waals surface area contributed by atoms with Crippen molar-refractivity contribution < 1.29 is 28.5 Å². The monoisotopic (exact) mass is 380 g/mol. The largest absolute Gasteiger partial charge is 0.465 e. The van der Waals surface area contributed by atoms with E-state index >= 15 is 0 Å². The Balaban J connectivity index is 1.01. The first-order valence-corrected chi connectivity index (χ1v) is 10.6. The Morgan fingerprint density at radius 1 is 0.815 bits per heavy atom. The van der Waals surface area contributed by atoms with Crippen LogP contribution in [0.5, 0.6) is 0 Å². The number of esters is 2. The summed E-state index contributed by atoms with van der Waals surface area (Å²) in [5.41, 5.74) is 0.0778. The molecule has 0 N–H and O–H groups in total. The van der Waals surface area contributed by atoms with E-state index in [1.165, 1.54) is 0 Å². The van der Waals surface area contributed by atoms with Gasteiger partial charge in [0.25, 0.3) is 0 Å². The molecule has 0 aromatic rings. The van der Waals surface area contributed by atoms with Crippen LogP contribution >= 0.6 is 0 Å². The molecule has 27 heavy (non-hydrogen) atoms. The van der Waals surface area contributed by atoms with E-state index in [4.69, 9.17) is 18.9 Å². The van der Waals surface area contributed by atoms with Gasteiger partial charge in [-0.15, -0.1) is 0 Å². The van der Waals surface area contributed by atoms with Crippen molar-refractivity contribution in [3.63, 3.8) is 0 Å². The Labute approximate surface area is 161 Å². The van der Waals surface area contributed by atoms with Crippen molar-refractivity contribution >= 4 is 11.9 Å². The van der Waals surface area contributed by atoms with Gasteiger partial charge in [0.1, 0.15) is 0 Å². The van der Waals surface area contributed by atoms with Crippen LogP contribution in [0.25, 0.3) is 0 Å². The lowest BCUT2D eigenvalue weighted by Crippen LogP contribution is -2.28. The number of ether oxygens (including phenoxy) is 4. The molecule has 0 radical (unpaired) electrons. The van der Waals surface area contributed by atoms with Crippen molar-refractivity contribution in [2.75, 3.05) is 13.2 Å². The van der Waals surface area contributed by atoms with Crippen LogP contribution in [0.15, 0.2) is 0 Å². The van der Waals surface area contributed by atoms with Gasteiger partial charge in [-0.25, -0.2) is 0 Å². The molecule has 0 spiro atoms. The molecule has 6 atom stereocenters. The van der Waals surface area contributed by atoms with Gasteiger partial charge in [-0.05, 0) is 71.6 Å². The number of fused-ring (bicyclic) bond motifs is 2. The van der Waals surface area contributed by atoms with E-state index < -0.39 is 0 Å². The topological polar surface area (TPSA) is 77.7 Å². The smallest absolute Gasteiger partial charge is 0.309 e. The van der Waals surface area contributed by atoms with Crippen molar-refractivity contribution in [1.29, 1.82) is 0 Å². The minimum atomic E-state index is -0.0782. The number of epoxide rings is 2. The molecule has 2 aliphatic heterocycles. The van der Waals surface area contributed by atoms with E-state index in [-0.39, 0.29) is 47.2 Å². The van der Waals surface area contributed by atoms with Crippen molar-refractivity contribution in [1.82, 2.24) is 0 Å². The van der Waals surface area contributed by atoms with Crippen LogP contribution in [0, 0.1) is 11.8 Å². The molecule has 6 nitrogen and oxygen atoms in total. The molecule has 0 bridgehead atoms. The maximum atomic E-state index is 12.1. The third-order valence-corrected chi connectivity index (χ3v) is 6.99. The van der Waals surface area contributed by atoms with Crippen LogP contribution in [0.3, 0.4) is 0 Å². The highest BCUT2D eigenvalue weighted by Crippen LogP contribution is 2.50. The Kier molecular flexibility index (Phi) is 5.23. The molecule has 0 aromatic carbocycles. The first kappa shape index (κ1) is 19.2. The normalized spacial score (nSPS) is 41.9. The summed E-state index contributed by atoms with van der Waals surface area (Å²) in [6, 6.07) is 0. The molecule has 0 aromatic heterocycles. The Morgan fingerprint density at radius 2 is 1.26 bits per heavy atom. The minimum Gasteiger partial charge on any atom is -0.465 e. The summed E-state index contributed by atoms with van der Waals surface area (Å²) in [6.07, 6.45) is 8.27. The van der Waals surface area contributed by atoms with E-state index in [1.807, 2.05) is 0 Å². The molecule has 4 fully saturated rings. The quantitative estimate of drug-likeness (QED) is 0.366. The summed E-state index contributed by atoms with van der Waals surface area (Å²) in [7, 11) is 0. The fourth-order valence-corrected chi connectivity index (χ4v) is 4.68. The second kappa shape index (κ2) is 7.36. The van der Waals surface area contributed by atoms with Crippen LogP contribution < -0.4 is 0 Å². The highest BCUT2D eigenvalue weighted by Gasteiger charge is 2.57. The first-order chi connectivity index (χ1) is 12.9. The average molecular weight is 380 g/mol. The number of rotatable bonds is 8. The molecule has 4 rings (SSSR count). The van der Waals surface area contributed by atoms with E-state index in [0.29, 0.717) is 13.2 Å². The zero-order chi connectivity index (χ0) is 19.1. The van der Waals surface area contributed by atoms with Gasteiger partial charge in [0, 0.05) is 0 Å². The second-order valence-corrected chi connectivity index (χ2v) is 9.18. The third-order valence-electron chi connectivity index (χ3n) is 6.99. The molecule has 2 saturated carbocycles. The standard InChI is InChI=1S/C21H32O6/c1-20-8-6-14(12-16(20)26-20)18(22)24-10-4-3-5-11-25-19(23)15-7-9-21(2)17(13-15)27-21/h14-17H,3-13H2,1-2H3/t14?,15?,16-,17?,20?,21?/m0/s1. The predicted octanol–water partition coefficient (Wildman–Crippen LogP) is 3.16. The van der Waals surface area contributed by atoms with Crippen molar-refractivity contribution in [3.05, 3.63) is 0 Å². The second-order valence-electron chi connectivity index (χ2n) is 9.18. The average Bonchev–Trinajstić information content (AvgIpc) is 3.51. The van der Waals surface area contributed by atoms with Gasteiger partial charge in [-0.2, -0.15) is 0 Å². The Hall–Kier alpha value is -1.14. The molecule has 2 aliphatic carbocycles. The van der Waals surface area contributed by atoms with Gasteiger partial charge in [0.15, 0.2) is 0 Å². The Bertz CT molecular complexity index is 541. The summed E-state index contributed by atoms with van der Waals surface area (Å²) in [5, 5.41) is 0. The number of carbonyl (C=O) groups is 2. The number of hydrogen-bond donors (Lipinski definition) is 0. The lowest BCUT2D eigenvalue weighted by atomic mass is 9.83. The van der Waals surface area contributed by atoms with E-state index in [0.717, 1.165) is 57.8 Å². The highest BCUT2D eigenvalue weighted by molar-refractivity contribution is 5.73. The highest BCUT2D eigenvalue weighted by atomic mass is 16.6. The van der Waals surface area contributed by atoms with Crippen LogP contribution in [-0.4, -0.2) is 48.6 Å². The van der Waals surface area contributed by atoms with Gasteiger partial charge in [-0.1, -0.05) is 0 Å². The number of carbonyl (C=O) groups excluding carboxylic acids is 2. The summed E-state index contributed by atoms with van der Waals surface area (Å²) in [6.45, 7) is 5.15. The van der Waals surface area contributed by atoms with E-state index in [1.54, 1.807) is 0 Å². The molecule has 152 valence electrons. The summed E-state index contributed by atoms with van der Waals surface area (Å²) < 4.78 is 22.1. The maximum Gasteiger partial charge on any atom is 0.309 e. The minimum absolute atomic E-state index is 0.000623. The Morgan fingerprint density at radius 3 is 1.67 bits per heavy atom. The van der Waals surface area contributed by atoms with E-state index in [9.17, 15) is 9.59 Å². The van der Waals surface area contributed by atoms with Gasteiger partial charge in [0.05, 0.1) is 48.5 Å². The van der Waals surface area contributed by atoms with Crippen molar-refractivity contribution in [2.24, 2.45) is 11.8 Å². The lowest BCUT2D eigenvalue weighted by molar-refractivity contribution is -0.149. The molecule has 5 unspecified atom stereocenters. The van der Waals surface area contributed by atoms with Crippen molar-refractivity contribution in [2.45, 2.75) is 95.0 Å². The first-order valence-electron chi connectivity index (χ1n) is 10.6. The van der Waals surface area contributed by atoms with Crippen LogP contribution in [0.2, 0.25) is 0 Å². The molecule has 6 heteroatoms. The summed E-state index contributed by atoms with van der Waals surface area (Å²) in [4.78, 5) is 24.2. The molecule has 4 aliphatic rings. The molecular weight excluding hydrogens is 348 g/mol. The molecule has 2 heterocycles. The fraction of sp³-hybridized carbons (Fsp3) is 0.905. The fourth-order valence-electron chi connectivity index (χ4n) is 4.68. The zero-order valence-corrected chi connectivity index (χ0v) is 16.5. The molecule has 0 amide bonds. The lowest BCUT2D eigenvalue weighted by Gasteiger charge is -2.21. The van der Waals surface area contributed by atoms with Gasteiger partial charge >= 0.3 is 11.9 Å². The van der Waals surface area contributed by atoms with Gasteiger partial charge < -0.3 is 18.9 Å². The third kappa shape index (κ3) is 4.32. The predicted molar refractivity (Wildman–Crippen MR) is 97.0 cm³/mol. The number of hydrogen-bond acceptors (Lipinski definition) is 6.